The Balaban J connectivity index is 2.80. The molecule has 0 heterocycles. The van der Waals surface area contributed by atoms with Gasteiger partial charge in [0, 0.05) is 5.92 Å². The molecule has 0 aromatic carbocycles. The minimum Gasteiger partial charge on any atom is -0.302 e. The maximum atomic E-state index is 11.4. The van der Waals surface area contributed by atoms with Gasteiger partial charge in [-0.25, -0.2) is 0 Å². The number of rotatable bonds is 1. The van der Waals surface area contributed by atoms with Crippen LogP contribution in [0.1, 0.15) is 33.1 Å². The second-order valence-corrected chi connectivity index (χ2v) is 3.69. The highest BCUT2D eigenvalue weighted by Gasteiger charge is 2.38. The zero-order valence-electron chi connectivity index (χ0n) is 7.09. The molecule has 11 heavy (non-hydrogen) atoms. The van der Waals surface area contributed by atoms with E-state index in [0.717, 1.165) is 25.5 Å². The van der Waals surface area contributed by atoms with Crippen molar-refractivity contribution in [1.29, 1.82) is 0 Å². The molecule has 0 N–H and O–H groups in total. The lowest BCUT2D eigenvalue weighted by Gasteiger charge is -2.30. The number of carbonyl (C=O) groups is 2. The summed E-state index contributed by atoms with van der Waals surface area (Å²) in [5, 5.41) is 0. The molecule has 0 saturated heterocycles. The summed E-state index contributed by atoms with van der Waals surface area (Å²) in [6, 6.07) is 0. The van der Waals surface area contributed by atoms with Gasteiger partial charge in [0.25, 0.3) is 0 Å². The van der Waals surface area contributed by atoms with Crippen molar-refractivity contribution in [2.24, 2.45) is 11.3 Å². The Morgan fingerprint density at radius 1 is 1.64 bits per heavy atom. The second kappa shape index (κ2) is 2.76. The maximum absolute atomic E-state index is 11.4. The van der Waals surface area contributed by atoms with Gasteiger partial charge >= 0.3 is 0 Å². The quantitative estimate of drug-likeness (QED) is 0.424. The first-order valence-corrected chi connectivity index (χ1v) is 4.11. The van der Waals surface area contributed by atoms with E-state index >= 15 is 0 Å². The van der Waals surface area contributed by atoms with Crippen LogP contribution in [0.4, 0.5) is 0 Å². The van der Waals surface area contributed by atoms with E-state index in [0.29, 0.717) is 0 Å². The van der Waals surface area contributed by atoms with Crippen LogP contribution in [-0.2, 0) is 9.59 Å². The predicted octanol–water partition coefficient (Wildman–Crippen LogP) is 1.58. The van der Waals surface area contributed by atoms with E-state index in [1.54, 1.807) is 6.92 Å². The van der Waals surface area contributed by atoms with Crippen LogP contribution in [0.3, 0.4) is 0 Å². The Bertz CT molecular complexity index is 186. The molecule has 1 rings (SSSR count). The van der Waals surface area contributed by atoms with Crippen molar-refractivity contribution >= 4 is 12.1 Å². The number of ketones is 1. The Morgan fingerprint density at radius 3 is 2.73 bits per heavy atom. The molecule has 0 spiro atoms. The Hall–Kier alpha value is -0.660. The smallest absolute Gasteiger partial charge is 0.148 e. The molecule has 0 amide bonds. The molecule has 1 fully saturated rings. The number of hydrogen-bond donors (Lipinski definition) is 0. The molecule has 1 saturated carbocycles. The molecular weight excluding hydrogens is 140 g/mol. The minimum atomic E-state index is -0.669. The fraction of sp³-hybridized carbons (Fsp3) is 0.778. The van der Waals surface area contributed by atoms with Crippen molar-refractivity contribution < 1.29 is 9.59 Å². The first kappa shape index (κ1) is 8.44. The fourth-order valence-electron chi connectivity index (χ4n) is 1.71. The van der Waals surface area contributed by atoms with Crippen molar-refractivity contribution in [3.8, 4) is 0 Å². The zero-order chi connectivity index (χ0) is 8.48. The number of carbonyl (C=O) groups excluding carboxylic acids is 2. The molecular formula is C9H14O2. The Labute approximate surface area is 67.0 Å². The van der Waals surface area contributed by atoms with Crippen molar-refractivity contribution in [2.75, 3.05) is 0 Å². The van der Waals surface area contributed by atoms with E-state index in [1.807, 2.05) is 6.92 Å². The van der Waals surface area contributed by atoms with Gasteiger partial charge in [0.05, 0.1) is 5.41 Å². The molecule has 2 nitrogen and oxygen atoms in total. The van der Waals surface area contributed by atoms with E-state index in [-0.39, 0.29) is 11.7 Å². The predicted molar refractivity (Wildman–Crippen MR) is 42.2 cm³/mol. The molecule has 0 radical (unpaired) electrons. The number of aldehydes is 1. The second-order valence-electron chi connectivity index (χ2n) is 3.69. The van der Waals surface area contributed by atoms with E-state index in [9.17, 15) is 9.59 Å². The van der Waals surface area contributed by atoms with Crippen molar-refractivity contribution in [2.45, 2.75) is 33.1 Å². The molecule has 62 valence electrons. The molecule has 0 bridgehead atoms. The van der Waals surface area contributed by atoms with Crippen molar-refractivity contribution in [3.05, 3.63) is 0 Å². The lowest BCUT2D eigenvalue weighted by atomic mass is 9.71. The van der Waals surface area contributed by atoms with Crippen molar-refractivity contribution in [1.82, 2.24) is 0 Å². The normalized spacial score (nSPS) is 38.7. The molecule has 0 aromatic heterocycles. The third-order valence-electron chi connectivity index (χ3n) is 2.60. The summed E-state index contributed by atoms with van der Waals surface area (Å²) in [4.78, 5) is 22.1. The Morgan fingerprint density at radius 2 is 2.27 bits per heavy atom. The summed E-state index contributed by atoms with van der Waals surface area (Å²) in [6.45, 7) is 3.65. The average molecular weight is 154 g/mol. The minimum absolute atomic E-state index is 0.0824. The summed E-state index contributed by atoms with van der Waals surface area (Å²) in [5.74, 6) is 0.206. The van der Waals surface area contributed by atoms with E-state index in [2.05, 4.69) is 0 Å². The van der Waals surface area contributed by atoms with Crippen LogP contribution in [0.2, 0.25) is 0 Å². The topological polar surface area (TPSA) is 34.1 Å². The van der Waals surface area contributed by atoms with Crippen LogP contribution in [0.5, 0.6) is 0 Å². The first-order valence-electron chi connectivity index (χ1n) is 4.11. The zero-order valence-corrected chi connectivity index (χ0v) is 7.09. The third-order valence-corrected chi connectivity index (χ3v) is 2.60. The highest BCUT2D eigenvalue weighted by atomic mass is 16.1. The van der Waals surface area contributed by atoms with Crippen LogP contribution in [-0.4, -0.2) is 12.1 Å². The van der Waals surface area contributed by atoms with Gasteiger partial charge in [-0.3, -0.25) is 4.79 Å². The van der Waals surface area contributed by atoms with E-state index < -0.39 is 5.41 Å². The molecule has 1 unspecified atom stereocenters. The highest BCUT2D eigenvalue weighted by Crippen LogP contribution is 2.33. The molecule has 2 atom stereocenters. The van der Waals surface area contributed by atoms with Gasteiger partial charge in [0.1, 0.15) is 12.1 Å². The van der Waals surface area contributed by atoms with Crippen LogP contribution >= 0.6 is 0 Å². The molecule has 2 heteroatoms. The number of hydrogen-bond acceptors (Lipinski definition) is 2. The monoisotopic (exact) mass is 154 g/mol. The summed E-state index contributed by atoms with van der Waals surface area (Å²) >= 11 is 0. The standard InChI is InChI=1S/C9H14O2/c1-7-4-3-5-9(2,6-10)8(7)11/h6-7H,3-5H2,1-2H3/t7?,9-/m0/s1. The average Bonchev–Trinajstić information content (AvgIpc) is 2.00. The molecule has 0 aliphatic heterocycles. The summed E-state index contributed by atoms with van der Waals surface area (Å²) in [7, 11) is 0. The van der Waals surface area contributed by atoms with Gasteiger partial charge < -0.3 is 4.79 Å². The molecule has 1 aliphatic rings. The molecule has 0 aromatic rings. The van der Waals surface area contributed by atoms with Gasteiger partial charge in [0.15, 0.2) is 0 Å². The molecule has 1 aliphatic carbocycles. The van der Waals surface area contributed by atoms with E-state index in [4.69, 9.17) is 0 Å². The SMILES string of the molecule is CC1CCC[C@@](C)(C=O)C1=O. The first-order chi connectivity index (χ1) is 5.10. The maximum Gasteiger partial charge on any atom is 0.148 e. The van der Waals surface area contributed by atoms with Crippen LogP contribution in [0, 0.1) is 11.3 Å². The van der Waals surface area contributed by atoms with E-state index in [1.165, 1.54) is 0 Å². The highest BCUT2D eigenvalue weighted by molar-refractivity contribution is 5.99. The fourth-order valence-corrected chi connectivity index (χ4v) is 1.71. The van der Waals surface area contributed by atoms with Crippen molar-refractivity contribution in [3.63, 3.8) is 0 Å². The largest absolute Gasteiger partial charge is 0.302 e. The lowest BCUT2D eigenvalue weighted by molar-refractivity contribution is -0.139. The van der Waals surface area contributed by atoms with Crippen LogP contribution in [0.15, 0.2) is 0 Å². The lowest BCUT2D eigenvalue weighted by Crippen LogP contribution is -2.37. The van der Waals surface area contributed by atoms with Gasteiger partial charge in [-0.15, -0.1) is 0 Å². The van der Waals surface area contributed by atoms with Crippen LogP contribution in [0.25, 0.3) is 0 Å². The number of Topliss-reactive ketones (excluding diaryl/α,β-unsaturated/α-hetero) is 1. The Kier molecular flexibility index (Phi) is 2.12. The summed E-state index contributed by atoms with van der Waals surface area (Å²) < 4.78 is 0. The summed E-state index contributed by atoms with van der Waals surface area (Å²) in [6.07, 6.45) is 3.50. The van der Waals surface area contributed by atoms with Gasteiger partial charge in [-0.1, -0.05) is 13.3 Å². The third kappa shape index (κ3) is 1.35. The van der Waals surface area contributed by atoms with Gasteiger partial charge in [-0.05, 0) is 19.8 Å². The van der Waals surface area contributed by atoms with Gasteiger partial charge in [0.2, 0.25) is 0 Å². The summed E-state index contributed by atoms with van der Waals surface area (Å²) in [5.41, 5.74) is -0.669. The van der Waals surface area contributed by atoms with Crippen LogP contribution < -0.4 is 0 Å². The van der Waals surface area contributed by atoms with Gasteiger partial charge in [-0.2, -0.15) is 0 Å².